The van der Waals surface area contributed by atoms with Crippen molar-refractivity contribution in [1.82, 2.24) is 5.32 Å². The molecule has 1 aromatic carbocycles. The van der Waals surface area contributed by atoms with E-state index in [1.165, 1.54) is 44.1 Å². The largest absolute Gasteiger partial charge is 0.479 e. The van der Waals surface area contributed by atoms with Crippen molar-refractivity contribution in [3.8, 4) is 11.8 Å². The number of ether oxygens (including phenoxy) is 1. The maximum absolute atomic E-state index is 8.55. The Hall–Kier alpha value is -1.53. The van der Waals surface area contributed by atoms with Gasteiger partial charge in [-0.15, -0.1) is 0 Å². The zero-order chi connectivity index (χ0) is 14.9. The average Bonchev–Trinajstić information content (AvgIpc) is 2.80. The van der Waals surface area contributed by atoms with Gasteiger partial charge in [0.05, 0.1) is 0 Å². The number of rotatable bonds is 6. The molecule has 1 atom stereocenters. The number of nitrogens with one attached hydrogen (secondary N) is 1. The number of hydrogen-bond donors (Lipinski definition) is 1. The Labute approximate surface area is 128 Å². The molecule has 0 amide bonds. The van der Waals surface area contributed by atoms with Crippen LogP contribution in [-0.4, -0.2) is 12.6 Å². The third-order valence-electron chi connectivity index (χ3n) is 4.44. The average molecular weight is 286 g/mol. The first-order valence-electron chi connectivity index (χ1n) is 8.11. The van der Waals surface area contributed by atoms with E-state index in [-0.39, 0.29) is 6.61 Å². The molecule has 3 nitrogen and oxygen atoms in total. The Bertz CT molecular complexity index is 459. The lowest BCUT2D eigenvalue weighted by molar-refractivity contribution is 0.336. The summed E-state index contributed by atoms with van der Waals surface area (Å²) >= 11 is 0. The zero-order valence-corrected chi connectivity index (χ0v) is 13.0. The van der Waals surface area contributed by atoms with Gasteiger partial charge < -0.3 is 10.1 Å². The Balaban J connectivity index is 1.82. The van der Waals surface area contributed by atoms with Gasteiger partial charge in [-0.25, -0.2) is 0 Å². The molecule has 21 heavy (non-hydrogen) atoms. The zero-order valence-electron chi connectivity index (χ0n) is 13.0. The van der Waals surface area contributed by atoms with Gasteiger partial charge in [0.2, 0.25) is 0 Å². The molecule has 0 saturated heterocycles. The number of nitrogens with zero attached hydrogens (tertiary/aromatic N) is 1. The summed E-state index contributed by atoms with van der Waals surface area (Å²) in [6.07, 6.45) is 8.30. The highest BCUT2D eigenvalue weighted by atomic mass is 16.5. The number of nitriles is 1. The standard InChI is InChI=1S/C18H26N2O/c1-15(17-8-4-2-3-5-9-17)20-14-16-7-6-10-18(13-16)21-12-11-19/h6-7,10,13,15,17,20H,2-5,8-9,12,14H2,1H3/t15-/m0/s1. The van der Waals surface area contributed by atoms with E-state index < -0.39 is 0 Å². The molecular weight excluding hydrogens is 260 g/mol. The summed E-state index contributed by atoms with van der Waals surface area (Å²) in [6.45, 7) is 3.28. The van der Waals surface area contributed by atoms with E-state index in [0.29, 0.717) is 6.04 Å². The topological polar surface area (TPSA) is 45.0 Å². The van der Waals surface area contributed by atoms with Gasteiger partial charge >= 0.3 is 0 Å². The van der Waals surface area contributed by atoms with E-state index in [9.17, 15) is 0 Å². The highest BCUT2D eigenvalue weighted by molar-refractivity contribution is 5.28. The Morgan fingerprint density at radius 3 is 2.76 bits per heavy atom. The predicted molar refractivity (Wildman–Crippen MR) is 85.0 cm³/mol. The van der Waals surface area contributed by atoms with Crippen molar-refractivity contribution in [2.24, 2.45) is 5.92 Å². The second kappa shape index (κ2) is 8.69. The van der Waals surface area contributed by atoms with E-state index in [4.69, 9.17) is 10.00 Å². The van der Waals surface area contributed by atoms with Gasteiger partial charge in [-0.05, 0) is 43.4 Å². The lowest BCUT2D eigenvalue weighted by atomic mass is 9.93. The molecule has 1 aromatic rings. The number of benzene rings is 1. The minimum Gasteiger partial charge on any atom is -0.479 e. The summed E-state index contributed by atoms with van der Waals surface area (Å²) < 4.78 is 5.35. The van der Waals surface area contributed by atoms with Crippen molar-refractivity contribution in [2.75, 3.05) is 6.61 Å². The summed E-state index contributed by atoms with van der Waals surface area (Å²) in [4.78, 5) is 0. The van der Waals surface area contributed by atoms with Gasteiger partial charge in [0, 0.05) is 12.6 Å². The fourth-order valence-electron chi connectivity index (χ4n) is 3.12. The highest BCUT2D eigenvalue weighted by Crippen LogP contribution is 2.25. The van der Waals surface area contributed by atoms with Gasteiger partial charge in [-0.1, -0.05) is 37.8 Å². The van der Waals surface area contributed by atoms with E-state index in [2.05, 4.69) is 18.3 Å². The van der Waals surface area contributed by atoms with Gasteiger partial charge in [0.25, 0.3) is 0 Å². The van der Waals surface area contributed by atoms with Crippen molar-refractivity contribution in [2.45, 2.75) is 58.0 Å². The summed E-state index contributed by atoms with van der Waals surface area (Å²) in [5.41, 5.74) is 1.21. The van der Waals surface area contributed by atoms with Crippen molar-refractivity contribution < 1.29 is 4.74 Å². The lowest BCUT2D eigenvalue weighted by Crippen LogP contribution is -2.32. The quantitative estimate of drug-likeness (QED) is 0.803. The van der Waals surface area contributed by atoms with Crippen LogP contribution in [0.15, 0.2) is 24.3 Å². The third-order valence-corrected chi connectivity index (χ3v) is 4.44. The van der Waals surface area contributed by atoms with E-state index >= 15 is 0 Å². The molecule has 0 bridgehead atoms. The Morgan fingerprint density at radius 1 is 1.29 bits per heavy atom. The fourth-order valence-corrected chi connectivity index (χ4v) is 3.12. The van der Waals surface area contributed by atoms with Crippen LogP contribution in [0.25, 0.3) is 0 Å². The summed E-state index contributed by atoms with van der Waals surface area (Å²) in [5.74, 6) is 1.59. The maximum Gasteiger partial charge on any atom is 0.174 e. The minimum atomic E-state index is 0.107. The van der Waals surface area contributed by atoms with Crippen LogP contribution in [0.1, 0.15) is 51.0 Å². The molecule has 2 rings (SSSR count). The second-order valence-electron chi connectivity index (χ2n) is 6.02. The maximum atomic E-state index is 8.55. The molecule has 1 N–H and O–H groups in total. The van der Waals surface area contributed by atoms with Crippen molar-refractivity contribution >= 4 is 0 Å². The first kappa shape index (κ1) is 15.9. The fraction of sp³-hybridized carbons (Fsp3) is 0.611. The molecule has 1 fully saturated rings. The van der Waals surface area contributed by atoms with Crippen LogP contribution in [0, 0.1) is 17.2 Å². The molecule has 0 unspecified atom stereocenters. The van der Waals surface area contributed by atoms with Crippen LogP contribution in [0.2, 0.25) is 0 Å². The number of hydrogen-bond acceptors (Lipinski definition) is 3. The van der Waals surface area contributed by atoms with Gasteiger partial charge in [-0.2, -0.15) is 5.26 Å². The SMILES string of the molecule is C[C@H](NCc1cccc(OCC#N)c1)C1CCCCCC1. The molecule has 0 aromatic heterocycles. The van der Waals surface area contributed by atoms with Crippen LogP contribution in [0.3, 0.4) is 0 Å². The third kappa shape index (κ3) is 5.40. The van der Waals surface area contributed by atoms with Gasteiger partial charge in [0.15, 0.2) is 6.61 Å². The predicted octanol–water partition coefficient (Wildman–Crippen LogP) is 4.04. The summed E-state index contributed by atoms with van der Waals surface area (Å²) in [7, 11) is 0. The molecular formula is C18H26N2O. The molecule has 1 aliphatic rings. The van der Waals surface area contributed by atoms with Crippen LogP contribution < -0.4 is 10.1 Å². The van der Waals surface area contributed by atoms with Crippen molar-refractivity contribution in [3.63, 3.8) is 0 Å². The lowest BCUT2D eigenvalue weighted by Gasteiger charge is -2.23. The Kier molecular flexibility index (Phi) is 6.56. The normalized spacial score (nSPS) is 17.7. The Morgan fingerprint density at radius 2 is 2.05 bits per heavy atom. The molecule has 0 radical (unpaired) electrons. The van der Waals surface area contributed by atoms with Crippen LogP contribution in [-0.2, 0) is 6.54 Å². The molecule has 0 aliphatic heterocycles. The van der Waals surface area contributed by atoms with Gasteiger partial charge in [-0.3, -0.25) is 0 Å². The molecule has 3 heteroatoms. The molecule has 114 valence electrons. The first-order chi connectivity index (χ1) is 10.3. The van der Waals surface area contributed by atoms with Crippen LogP contribution in [0.5, 0.6) is 5.75 Å². The van der Waals surface area contributed by atoms with Crippen molar-refractivity contribution in [3.05, 3.63) is 29.8 Å². The van der Waals surface area contributed by atoms with Crippen LogP contribution in [0.4, 0.5) is 0 Å². The summed E-state index contributed by atoms with van der Waals surface area (Å²) in [6, 6.07) is 10.6. The van der Waals surface area contributed by atoms with E-state index in [1.54, 1.807) is 0 Å². The molecule has 1 aliphatic carbocycles. The molecule has 0 heterocycles. The summed E-state index contributed by atoms with van der Waals surface area (Å²) in [5, 5.41) is 12.2. The molecule has 0 spiro atoms. The van der Waals surface area contributed by atoms with E-state index in [1.807, 2.05) is 24.3 Å². The highest BCUT2D eigenvalue weighted by Gasteiger charge is 2.18. The first-order valence-corrected chi connectivity index (χ1v) is 8.11. The smallest absolute Gasteiger partial charge is 0.174 e. The molecule has 1 saturated carbocycles. The monoisotopic (exact) mass is 286 g/mol. The van der Waals surface area contributed by atoms with Crippen LogP contribution >= 0.6 is 0 Å². The minimum absolute atomic E-state index is 0.107. The van der Waals surface area contributed by atoms with Crippen molar-refractivity contribution in [1.29, 1.82) is 5.26 Å². The second-order valence-corrected chi connectivity index (χ2v) is 6.02. The van der Waals surface area contributed by atoms with E-state index in [0.717, 1.165) is 18.2 Å². The van der Waals surface area contributed by atoms with Gasteiger partial charge in [0.1, 0.15) is 11.8 Å².